The second-order valence-electron chi connectivity index (χ2n) is 4.74. The third kappa shape index (κ3) is 3.34. The Hall–Kier alpha value is -2.98. The van der Waals surface area contributed by atoms with Gasteiger partial charge in [-0.05, 0) is 31.2 Å². The molecule has 6 nitrogen and oxygen atoms in total. The maximum absolute atomic E-state index is 13.3. The molecule has 0 fully saturated rings. The Bertz CT molecular complexity index is 864. The van der Waals surface area contributed by atoms with Crippen molar-refractivity contribution in [1.29, 1.82) is 5.26 Å². The number of nitrogens with zero attached hydrogens (tertiary/aromatic N) is 3. The van der Waals surface area contributed by atoms with Crippen molar-refractivity contribution in [3.63, 3.8) is 0 Å². The molecule has 122 valence electrons. The smallest absolute Gasteiger partial charge is 0.270 e. The lowest BCUT2D eigenvalue weighted by molar-refractivity contribution is -0.384. The minimum atomic E-state index is -0.637. The van der Waals surface area contributed by atoms with Crippen molar-refractivity contribution in [3.05, 3.63) is 68.5 Å². The van der Waals surface area contributed by atoms with Crippen molar-refractivity contribution in [2.45, 2.75) is 6.92 Å². The summed E-state index contributed by atoms with van der Waals surface area (Å²) in [6.07, 6.45) is 0. The summed E-state index contributed by atoms with van der Waals surface area (Å²) in [7, 11) is 0. The molecule has 8 heteroatoms. The van der Waals surface area contributed by atoms with Crippen LogP contribution in [0.25, 0.3) is 0 Å². The first-order valence-electron chi connectivity index (χ1n) is 6.84. The molecule has 0 atom stereocenters. The Labute approximate surface area is 141 Å². The molecule has 1 amide bonds. The molecule has 2 aromatic rings. The van der Waals surface area contributed by atoms with E-state index < -0.39 is 16.6 Å². The van der Waals surface area contributed by atoms with Crippen LogP contribution >= 0.6 is 11.6 Å². The Morgan fingerprint density at radius 3 is 2.67 bits per heavy atom. The van der Waals surface area contributed by atoms with Gasteiger partial charge in [0.1, 0.15) is 11.9 Å². The van der Waals surface area contributed by atoms with Crippen LogP contribution in [0.4, 0.5) is 15.8 Å². The quantitative estimate of drug-likeness (QED) is 0.619. The SMILES string of the molecule is CCN(C(=O)c1cc([N+](=O)[O-])ccc1Cl)c1ccc(F)cc1C#N. The predicted octanol–water partition coefficient (Wildman–Crippen LogP) is 3.93. The number of nitro groups is 1. The number of carbonyl (C=O) groups excluding carboxylic acids is 1. The van der Waals surface area contributed by atoms with E-state index in [9.17, 15) is 19.3 Å². The number of non-ortho nitro benzene ring substituents is 1. The lowest BCUT2D eigenvalue weighted by Crippen LogP contribution is -2.31. The average molecular weight is 348 g/mol. The van der Waals surface area contributed by atoms with Gasteiger partial charge in [0.25, 0.3) is 11.6 Å². The fourth-order valence-corrected chi connectivity index (χ4v) is 2.39. The van der Waals surface area contributed by atoms with Crippen LogP contribution in [0.5, 0.6) is 0 Å². The van der Waals surface area contributed by atoms with Crippen molar-refractivity contribution >= 4 is 28.9 Å². The van der Waals surface area contributed by atoms with E-state index in [1.807, 2.05) is 6.07 Å². The molecule has 0 spiro atoms. The molecule has 0 unspecified atom stereocenters. The standard InChI is InChI=1S/C16H11ClFN3O3/c1-2-20(15-6-3-11(18)7-10(15)9-19)16(22)13-8-12(21(23)24)4-5-14(13)17/h3-8H,2H2,1H3. The molecule has 0 saturated carbocycles. The lowest BCUT2D eigenvalue weighted by atomic mass is 10.1. The van der Waals surface area contributed by atoms with Crippen LogP contribution in [-0.2, 0) is 0 Å². The second-order valence-corrected chi connectivity index (χ2v) is 5.15. The molecule has 0 aliphatic heterocycles. The van der Waals surface area contributed by atoms with Gasteiger partial charge >= 0.3 is 0 Å². The van der Waals surface area contributed by atoms with Crippen LogP contribution in [0.2, 0.25) is 5.02 Å². The Morgan fingerprint density at radius 1 is 1.38 bits per heavy atom. The van der Waals surface area contributed by atoms with Gasteiger partial charge in [-0.1, -0.05) is 11.6 Å². The number of carbonyl (C=O) groups is 1. The molecule has 24 heavy (non-hydrogen) atoms. The molecule has 0 aromatic heterocycles. The Balaban J connectivity index is 2.53. The average Bonchev–Trinajstić information content (AvgIpc) is 2.56. The van der Waals surface area contributed by atoms with Crippen molar-refractivity contribution in [2.75, 3.05) is 11.4 Å². The van der Waals surface area contributed by atoms with Gasteiger partial charge in [-0.2, -0.15) is 5.26 Å². The van der Waals surface area contributed by atoms with E-state index in [4.69, 9.17) is 16.9 Å². The number of nitriles is 1. The van der Waals surface area contributed by atoms with E-state index in [1.54, 1.807) is 6.92 Å². The normalized spacial score (nSPS) is 10.1. The number of benzene rings is 2. The molecular formula is C16H11ClFN3O3. The predicted molar refractivity (Wildman–Crippen MR) is 86.6 cm³/mol. The summed E-state index contributed by atoms with van der Waals surface area (Å²) in [5.74, 6) is -1.22. The summed E-state index contributed by atoms with van der Waals surface area (Å²) >= 11 is 5.99. The maximum atomic E-state index is 13.3. The van der Waals surface area contributed by atoms with Crippen LogP contribution in [0.3, 0.4) is 0 Å². The zero-order valence-electron chi connectivity index (χ0n) is 12.5. The van der Waals surface area contributed by atoms with Crippen LogP contribution in [0.15, 0.2) is 36.4 Å². The summed E-state index contributed by atoms with van der Waals surface area (Å²) in [5.41, 5.74) is -0.167. The van der Waals surface area contributed by atoms with E-state index >= 15 is 0 Å². The number of rotatable bonds is 4. The van der Waals surface area contributed by atoms with Crippen LogP contribution in [-0.4, -0.2) is 17.4 Å². The van der Waals surface area contributed by atoms with Crippen molar-refractivity contribution in [2.24, 2.45) is 0 Å². The van der Waals surface area contributed by atoms with Gasteiger partial charge in [-0.25, -0.2) is 4.39 Å². The van der Waals surface area contributed by atoms with Crippen molar-refractivity contribution in [3.8, 4) is 6.07 Å². The zero-order valence-corrected chi connectivity index (χ0v) is 13.2. The second kappa shape index (κ2) is 7.06. The summed E-state index contributed by atoms with van der Waals surface area (Å²) in [6.45, 7) is 1.83. The van der Waals surface area contributed by atoms with Crippen molar-refractivity contribution < 1.29 is 14.1 Å². The highest BCUT2D eigenvalue weighted by Gasteiger charge is 2.23. The van der Waals surface area contributed by atoms with E-state index in [0.717, 1.165) is 18.2 Å². The Morgan fingerprint density at radius 2 is 2.08 bits per heavy atom. The van der Waals surface area contributed by atoms with Crippen LogP contribution < -0.4 is 4.90 Å². The zero-order chi connectivity index (χ0) is 17.9. The van der Waals surface area contributed by atoms with Gasteiger partial charge < -0.3 is 4.90 Å². The van der Waals surface area contributed by atoms with E-state index in [2.05, 4.69) is 0 Å². The minimum Gasteiger partial charge on any atom is -0.307 e. The molecule has 0 saturated heterocycles. The third-order valence-corrected chi connectivity index (χ3v) is 3.65. The Kier molecular flexibility index (Phi) is 5.11. The van der Waals surface area contributed by atoms with Crippen molar-refractivity contribution in [1.82, 2.24) is 0 Å². The molecule has 0 heterocycles. The van der Waals surface area contributed by atoms with Gasteiger partial charge in [0, 0.05) is 18.7 Å². The first-order chi connectivity index (χ1) is 11.4. The first-order valence-corrected chi connectivity index (χ1v) is 7.22. The van der Waals surface area contributed by atoms with E-state index in [0.29, 0.717) is 0 Å². The van der Waals surface area contributed by atoms with E-state index in [-0.39, 0.29) is 34.1 Å². The third-order valence-electron chi connectivity index (χ3n) is 3.32. The highest BCUT2D eigenvalue weighted by atomic mass is 35.5. The van der Waals surface area contributed by atoms with Gasteiger partial charge in [0.2, 0.25) is 0 Å². The number of halogens is 2. The molecule has 2 aromatic carbocycles. The lowest BCUT2D eigenvalue weighted by Gasteiger charge is -2.22. The topological polar surface area (TPSA) is 87.2 Å². The number of amides is 1. The number of hydrogen-bond acceptors (Lipinski definition) is 4. The summed E-state index contributed by atoms with van der Waals surface area (Å²) in [5, 5.41) is 20.1. The first kappa shape index (κ1) is 17.4. The molecule has 0 N–H and O–H groups in total. The van der Waals surface area contributed by atoms with Gasteiger partial charge in [-0.15, -0.1) is 0 Å². The highest BCUT2D eigenvalue weighted by molar-refractivity contribution is 6.34. The molecular weight excluding hydrogens is 337 g/mol. The van der Waals surface area contributed by atoms with Gasteiger partial charge in [0.05, 0.1) is 26.8 Å². The van der Waals surface area contributed by atoms with Crippen LogP contribution in [0.1, 0.15) is 22.8 Å². The fraction of sp³-hybridized carbons (Fsp3) is 0.125. The summed E-state index contributed by atoms with van der Waals surface area (Å²) < 4.78 is 13.3. The minimum absolute atomic E-state index is 0.0215. The molecule has 0 radical (unpaired) electrons. The number of nitro benzene ring substituents is 1. The van der Waals surface area contributed by atoms with Gasteiger partial charge in [0.15, 0.2) is 0 Å². The monoisotopic (exact) mass is 347 g/mol. The molecule has 0 aliphatic carbocycles. The summed E-state index contributed by atoms with van der Waals surface area (Å²) in [6, 6.07) is 8.79. The maximum Gasteiger partial charge on any atom is 0.270 e. The van der Waals surface area contributed by atoms with Crippen LogP contribution in [0, 0.1) is 27.3 Å². The van der Waals surface area contributed by atoms with Gasteiger partial charge in [-0.3, -0.25) is 14.9 Å². The largest absolute Gasteiger partial charge is 0.307 e. The number of anilines is 1. The molecule has 2 rings (SSSR count). The highest BCUT2D eigenvalue weighted by Crippen LogP contribution is 2.27. The fourth-order valence-electron chi connectivity index (χ4n) is 2.19. The molecule has 0 bridgehead atoms. The number of hydrogen-bond donors (Lipinski definition) is 0. The molecule has 0 aliphatic rings. The summed E-state index contributed by atoms with van der Waals surface area (Å²) in [4.78, 5) is 24.2. The van der Waals surface area contributed by atoms with E-state index in [1.165, 1.54) is 23.1 Å².